The van der Waals surface area contributed by atoms with Crippen molar-refractivity contribution in [2.45, 2.75) is 44.4 Å². The first kappa shape index (κ1) is 13.6. The Morgan fingerprint density at radius 3 is 3.10 bits per heavy atom. The van der Waals surface area contributed by atoms with E-state index in [2.05, 4.69) is 29.7 Å². The van der Waals surface area contributed by atoms with E-state index in [-0.39, 0.29) is 24.0 Å². The van der Waals surface area contributed by atoms with Gasteiger partial charge >= 0.3 is 0 Å². The minimum absolute atomic E-state index is 0.104. The van der Waals surface area contributed by atoms with E-state index >= 15 is 0 Å². The normalized spacial score (nSPS) is 28.9. The average Bonchev–Trinajstić information content (AvgIpc) is 2.98. The summed E-state index contributed by atoms with van der Waals surface area (Å²) in [6.07, 6.45) is 2.35. The largest absolute Gasteiger partial charge is 0.376 e. The maximum absolute atomic E-state index is 12.5. The third-order valence-corrected chi connectivity index (χ3v) is 4.32. The van der Waals surface area contributed by atoms with Crippen molar-refractivity contribution in [2.75, 3.05) is 13.2 Å². The van der Waals surface area contributed by atoms with Crippen LogP contribution in [-0.4, -0.2) is 31.2 Å². The van der Waals surface area contributed by atoms with Gasteiger partial charge in [0.15, 0.2) is 0 Å². The van der Waals surface area contributed by atoms with E-state index < -0.39 is 0 Å². The maximum Gasteiger partial charge on any atom is 0.229 e. The quantitative estimate of drug-likeness (QED) is 0.879. The van der Waals surface area contributed by atoms with Gasteiger partial charge in [-0.3, -0.25) is 4.79 Å². The molecule has 2 aliphatic rings. The molecule has 4 heteroatoms. The standard InChI is InChI=1S/C16H22N2O2/c1-11-15(14-7-3-2-5-12(14)9-17-11)16(19)18-10-13-6-4-8-20-13/h2-3,5,7,11,13,15,17H,4,6,8-10H2,1H3,(H,18,19). The second-order valence-corrected chi connectivity index (χ2v) is 5.73. The Bertz CT molecular complexity index is 483. The molecule has 0 saturated carbocycles. The number of fused-ring (bicyclic) bond motifs is 1. The molecule has 0 aromatic heterocycles. The van der Waals surface area contributed by atoms with Gasteiger partial charge in [0.05, 0.1) is 12.0 Å². The lowest BCUT2D eigenvalue weighted by Crippen LogP contribution is -2.46. The van der Waals surface area contributed by atoms with Crippen molar-refractivity contribution in [3.05, 3.63) is 35.4 Å². The van der Waals surface area contributed by atoms with Gasteiger partial charge in [0.1, 0.15) is 0 Å². The summed E-state index contributed by atoms with van der Waals surface area (Å²) in [5.41, 5.74) is 2.38. The first-order valence-corrected chi connectivity index (χ1v) is 7.46. The molecule has 0 bridgehead atoms. The molecule has 20 heavy (non-hydrogen) atoms. The van der Waals surface area contributed by atoms with E-state index in [4.69, 9.17) is 4.74 Å². The molecule has 0 aliphatic carbocycles. The van der Waals surface area contributed by atoms with Crippen LogP contribution in [0.4, 0.5) is 0 Å². The molecule has 1 aromatic rings. The lowest BCUT2D eigenvalue weighted by molar-refractivity contribution is -0.123. The molecular formula is C16H22N2O2. The van der Waals surface area contributed by atoms with Gasteiger partial charge < -0.3 is 15.4 Å². The fraction of sp³-hybridized carbons (Fsp3) is 0.562. The van der Waals surface area contributed by atoms with E-state index in [1.807, 2.05) is 12.1 Å². The van der Waals surface area contributed by atoms with Crippen LogP contribution >= 0.6 is 0 Å². The molecule has 3 unspecified atom stereocenters. The Hall–Kier alpha value is -1.39. The number of hydrogen-bond donors (Lipinski definition) is 2. The van der Waals surface area contributed by atoms with Crippen molar-refractivity contribution in [3.8, 4) is 0 Å². The molecule has 1 fully saturated rings. The molecule has 2 N–H and O–H groups in total. The van der Waals surface area contributed by atoms with Crippen molar-refractivity contribution in [1.82, 2.24) is 10.6 Å². The number of benzene rings is 1. The first-order chi connectivity index (χ1) is 9.75. The molecule has 2 aliphatic heterocycles. The number of hydrogen-bond acceptors (Lipinski definition) is 3. The summed E-state index contributed by atoms with van der Waals surface area (Å²) in [4.78, 5) is 12.5. The smallest absolute Gasteiger partial charge is 0.229 e. The Labute approximate surface area is 119 Å². The third-order valence-electron chi connectivity index (χ3n) is 4.32. The van der Waals surface area contributed by atoms with Crippen LogP contribution in [0, 0.1) is 0 Å². The van der Waals surface area contributed by atoms with E-state index in [0.29, 0.717) is 6.54 Å². The minimum atomic E-state index is -0.110. The Kier molecular flexibility index (Phi) is 4.03. The third kappa shape index (κ3) is 2.72. The van der Waals surface area contributed by atoms with Crippen LogP contribution in [0.25, 0.3) is 0 Å². The van der Waals surface area contributed by atoms with Gasteiger partial charge in [-0.2, -0.15) is 0 Å². The van der Waals surface area contributed by atoms with E-state index in [1.54, 1.807) is 0 Å². The molecule has 4 nitrogen and oxygen atoms in total. The molecule has 3 rings (SSSR count). The summed E-state index contributed by atoms with van der Waals surface area (Å²) < 4.78 is 5.56. The summed E-state index contributed by atoms with van der Waals surface area (Å²) in [5.74, 6) is -0.00555. The predicted octanol–water partition coefficient (Wildman–Crippen LogP) is 1.56. The highest BCUT2D eigenvalue weighted by atomic mass is 16.5. The van der Waals surface area contributed by atoms with Gasteiger partial charge in [0.2, 0.25) is 5.91 Å². The van der Waals surface area contributed by atoms with Gasteiger partial charge in [0.25, 0.3) is 0 Å². The summed E-state index contributed by atoms with van der Waals surface area (Å²) >= 11 is 0. The molecule has 1 amide bonds. The van der Waals surface area contributed by atoms with Crippen LogP contribution in [-0.2, 0) is 16.1 Å². The predicted molar refractivity (Wildman–Crippen MR) is 77.5 cm³/mol. The van der Waals surface area contributed by atoms with E-state index in [0.717, 1.165) is 31.6 Å². The van der Waals surface area contributed by atoms with Gasteiger partial charge in [0, 0.05) is 25.7 Å². The van der Waals surface area contributed by atoms with Crippen LogP contribution < -0.4 is 10.6 Å². The molecule has 1 saturated heterocycles. The highest BCUT2D eigenvalue weighted by Gasteiger charge is 2.32. The second-order valence-electron chi connectivity index (χ2n) is 5.73. The molecule has 0 spiro atoms. The summed E-state index contributed by atoms with van der Waals surface area (Å²) in [6, 6.07) is 8.36. The van der Waals surface area contributed by atoms with E-state index in [9.17, 15) is 4.79 Å². The monoisotopic (exact) mass is 274 g/mol. The number of amides is 1. The topological polar surface area (TPSA) is 50.4 Å². The van der Waals surface area contributed by atoms with Crippen LogP contribution in [0.1, 0.15) is 36.8 Å². The number of nitrogens with one attached hydrogen (secondary N) is 2. The zero-order chi connectivity index (χ0) is 13.9. The number of ether oxygens (including phenoxy) is 1. The second kappa shape index (κ2) is 5.94. The van der Waals surface area contributed by atoms with Gasteiger partial charge in [-0.05, 0) is 30.9 Å². The van der Waals surface area contributed by atoms with Crippen molar-refractivity contribution in [2.24, 2.45) is 0 Å². The minimum Gasteiger partial charge on any atom is -0.376 e. The van der Waals surface area contributed by atoms with Crippen LogP contribution in [0.2, 0.25) is 0 Å². The fourth-order valence-corrected chi connectivity index (χ4v) is 3.15. The van der Waals surface area contributed by atoms with Crippen molar-refractivity contribution in [1.29, 1.82) is 0 Å². The highest BCUT2D eigenvalue weighted by molar-refractivity contribution is 5.85. The van der Waals surface area contributed by atoms with Crippen molar-refractivity contribution in [3.63, 3.8) is 0 Å². The summed E-state index contributed by atoms with van der Waals surface area (Å²) in [5, 5.41) is 6.47. The lowest BCUT2D eigenvalue weighted by atomic mass is 9.85. The van der Waals surface area contributed by atoms with Crippen LogP contribution in [0.3, 0.4) is 0 Å². The van der Waals surface area contributed by atoms with Crippen molar-refractivity contribution >= 4 is 5.91 Å². The molecular weight excluding hydrogens is 252 g/mol. The molecule has 108 valence electrons. The zero-order valence-corrected chi connectivity index (χ0v) is 11.9. The number of carbonyl (C=O) groups excluding carboxylic acids is 1. The maximum atomic E-state index is 12.5. The Morgan fingerprint density at radius 2 is 2.30 bits per heavy atom. The summed E-state index contributed by atoms with van der Waals surface area (Å²) in [7, 11) is 0. The number of rotatable bonds is 3. The van der Waals surface area contributed by atoms with Crippen molar-refractivity contribution < 1.29 is 9.53 Å². The van der Waals surface area contributed by atoms with E-state index in [1.165, 1.54) is 5.56 Å². The van der Waals surface area contributed by atoms with Crippen LogP contribution in [0.15, 0.2) is 24.3 Å². The Morgan fingerprint density at radius 1 is 1.45 bits per heavy atom. The fourth-order valence-electron chi connectivity index (χ4n) is 3.15. The molecule has 3 atom stereocenters. The van der Waals surface area contributed by atoms with Gasteiger partial charge in [-0.15, -0.1) is 0 Å². The lowest BCUT2D eigenvalue weighted by Gasteiger charge is -2.31. The van der Waals surface area contributed by atoms with Crippen LogP contribution in [0.5, 0.6) is 0 Å². The first-order valence-electron chi connectivity index (χ1n) is 7.46. The summed E-state index contributed by atoms with van der Waals surface area (Å²) in [6.45, 7) is 4.37. The highest BCUT2D eigenvalue weighted by Crippen LogP contribution is 2.28. The number of carbonyl (C=O) groups is 1. The molecule has 0 radical (unpaired) electrons. The SMILES string of the molecule is CC1NCc2ccccc2C1C(=O)NCC1CCCO1. The Balaban J connectivity index is 1.69. The average molecular weight is 274 g/mol. The van der Waals surface area contributed by atoms with Gasteiger partial charge in [-0.1, -0.05) is 24.3 Å². The molecule has 1 aromatic carbocycles. The van der Waals surface area contributed by atoms with Gasteiger partial charge in [-0.25, -0.2) is 0 Å². The molecule has 2 heterocycles. The zero-order valence-electron chi connectivity index (χ0n) is 11.9.